The Bertz CT molecular complexity index is 1430. The average molecular weight is 670 g/mol. The van der Waals surface area contributed by atoms with Crippen molar-refractivity contribution in [2.75, 3.05) is 39.3 Å². The second-order valence-electron chi connectivity index (χ2n) is 15.3. The van der Waals surface area contributed by atoms with Crippen LogP contribution in [0.3, 0.4) is 0 Å². The van der Waals surface area contributed by atoms with Crippen LogP contribution in [0, 0.1) is 11.8 Å². The Labute approximate surface area is 292 Å². The Morgan fingerprint density at radius 3 is 1.98 bits per heavy atom. The van der Waals surface area contributed by atoms with Gasteiger partial charge in [0.2, 0.25) is 0 Å². The van der Waals surface area contributed by atoms with Crippen molar-refractivity contribution in [3.8, 4) is 0 Å². The van der Waals surface area contributed by atoms with Crippen LogP contribution in [0.15, 0.2) is 60.7 Å². The molecular formula is C40H55N5O4. The minimum absolute atomic E-state index is 0.0678. The van der Waals surface area contributed by atoms with E-state index in [2.05, 4.69) is 48.3 Å². The topological polar surface area (TPSA) is 93.3 Å². The summed E-state index contributed by atoms with van der Waals surface area (Å²) in [6.45, 7) is 8.01. The maximum absolute atomic E-state index is 14.1. The van der Waals surface area contributed by atoms with Crippen LogP contribution < -0.4 is 5.32 Å². The van der Waals surface area contributed by atoms with E-state index in [1.807, 2.05) is 46.2 Å². The number of nitrogens with one attached hydrogen (secondary N) is 1. The second-order valence-corrected chi connectivity index (χ2v) is 15.3. The largest absolute Gasteiger partial charge is 0.346 e. The first-order valence-electron chi connectivity index (χ1n) is 18.8. The molecule has 0 unspecified atom stereocenters. The predicted octanol–water partition coefficient (Wildman–Crippen LogP) is 4.30. The molecule has 4 fully saturated rings. The molecule has 4 atom stereocenters. The lowest BCUT2D eigenvalue weighted by atomic mass is 9.87. The number of hydrogen-bond acceptors (Lipinski definition) is 5. The molecule has 0 radical (unpaired) electrons. The first-order chi connectivity index (χ1) is 23.8. The number of nitrogens with zero attached hydrogens (tertiary/aromatic N) is 4. The van der Waals surface area contributed by atoms with Gasteiger partial charge in [-0.3, -0.25) is 24.1 Å². The molecule has 3 heterocycles. The molecule has 3 saturated heterocycles. The highest BCUT2D eigenvalue weighted by atomic mass is 16.2. The number of benzene rings is 2. The first-order valence-corrected chi connectivity index (χ1v) is 18.8. The molecule has 4 aliphatic rings. The Kier molecular flexibility index (Phi) is 11.7. The van der Waals surface area contributed by atoms with Gasteiger partial charge in [0.15, 0.2) is 0 Å². The number of likely N-dealkylation sites (tertiary alicyclic amines) is 1. The fourth-order valence-corrected chi connectivity index (χ4v) is 8.75. The van der Waals surface area contributed by atoms with Crippen LogP contribution in [0.1, 0.15) is 76.3 Å². The fraction of sp³-hybridized carbons (Fsp3) is 0.600. The molecule has 9 nitrogen and oxygen atoms in total. The number of amides is 4. The quantitative estimate of drug-likeness (QED) is 0.322. The molecule has 2 aromatic carbocycles. The summed E-state index contributed by atoms with van der Waals surface area (Å²) in [5, 5.41) is 2.80. The monoisotopic (exact) mass is 669 g/mol. The Morgan fingerprint density at radius 2 is 1.33 bits per heavy atom. The number of piperazine rings is 2. The molecule has 1 N–H and O–H groups in total. The van der Waals surface area contributed by atoms with E-state index >= 15 is 0 Å². The van der Waals surface area contributed by atoms with Gasteiger partial charge < -0.3 is 20.0 Å². The van der Waals surface area contributed by atoms with E-state index in [0.717, 1.165) is 50.6 Å². The molecule has 3 aliphatic heterocycles. The molecule has 4 amide bonds. The third kappa shape index (κ3) is 8.72. The van der Waals surface area contributed by atoms with Crippen LogP contribution in [-0.2, 0) is 32.0 Å². The lowest BCUT2D eigenvalue weighted by Crippen LogP contribution is -2.65. The Balaban J connectivity index is 1.20. The summed E-state index contributed by atoms with van der Waals surface area (Å²) in [6.07, 6.45) is 10.0. The molecule has 264 valence electrons. The summed E-state index contributed by atoms with van der Waals surface area (Å²) >= 11 is 0. The summed E-state index contributed by atoms with van der Waals surface area (Å²) in [4.78, 5) is 62.0. The van der Waals surface area contributed by atoms with Crippen molar-refractivity contribution in [3.05, 3.63) is 71.8 Å². The van der Waals surface area contributed by atoms with Crippen molar-refractivity contribution < 1.29 is 19.2 Å². The van der Waals surface area contributed by atoms with Gasteiger partial charge in [0.05, 0.1) is 12.1 Å². The highest BCUT2D eigenvalue weighted by molar-refractivity contribution is 6.36. The molecule has 2 aromatic rings. The maximum atomic E-state index is 14.1. The van der Waals surface area contributed by atoms with Crippen LogP contribution in [0.5, 0.6) is 0 Å². The normalized spacial score (nSPS) is 25.0. The second kappa shape index (κ2) is 16.3. The van der Waals surface area contributed by atoms with Crippen LogP contribution in [-0.4, -0.2) is 107 Å². The molecule has 9 heteroatoms. The van der Waals surface area contributed by atoms with Crippen LogP contribution >= 0.6 is 0 Å². The van der Waals surface area contributed by atoms with Gasteiger partial charge in [0.1, 0.15) is 0 Å². The standard InChI is InChI=1S/C40H55N5O4/c1-29(2)21-35(26-42-20-12-19-33(42)27-44-34(24-41-37(46)38(44)47)22-30-13-6-3-7-14-30)45-28-36(23-31-15-8-4-9-16-31)43(39(48)40(45)49)25-32-17-10-5-11-18-32/h3-4,6-9,13-16,29,32-36H,5,10-12,17-28H2,1-2H3,(H,41,46)/t33-,34+,35+,36+/m1/s1. The van der Waals surface area contributed by atoms with Crippen molar-refractivity contribution in [2.24, 2.45) is 11.8 Å². The van der Waals surface area contributed by atoms with Crippen LogP contribution in [0.4, 0.5) is 0 Å². The van der Waals surface area contributed by atoms with Gasteiger partial charge in [-0.25, -0.2) is 0 Å². The van der Waals surface area contributed by atoms with E-state index in [-0.39, 0.29) is 36.0 Å². The van der Waals surface area contributed by atoms with Gasteiger partial charge in [0.25, 0.3) is 0 Å². The third-order valence-electron chi connectivity index (χ3n) is 11.3. The summed E-state index contributed by atoms with van der Waals surface area (Å²) in [5.74, 6) is -0.921. The van der Waals surface area contributed by atoms with Gasteiger partial charge in [-0.15, -0.1) is 0 Å². The molecule has 1 aliphatic carbocycles. The summed E-state index contributed by atoms with van der Waals surface area (Å²) in [5.41, 5.74) is 2.32. The Hall–Kier alpha value is -3.72. The van der Waals surface area contributed by atoms with E-state index < -0.39 is 11.8 Å². The van der Waals surface area contributed by atoms with Gasteiger partial charge in [0, 0.05) is 44.8 Å². The minimum atomic E-state index is -0.536. The zero-order valence-corrected chi connectivity index (χ0v) is 29.5. The van der Waals surface area contributed by atoms with E-state index in [1.165, 1.54) is 24.8 Å². The molecule has 49 heavy (non-hydrogen) atoms. The first kappa shape index (κ1) is 35.1. The molecule has 1 saturated carbocycles. The highest BCUT2D eigenvalue weighted by Gasteiger charge is 2.44. The molecule has 0 spiro atoms. The SMILES string of the molecule is CC(C)C[C@@H](CN1CCC[C@@H]1CN1C(=O)C(=O)NC[C@@H]1Cc1ccccc1)N1C[C@H](Cc2ccccc2)N(CC2CCCCC2)C(=O)C1=O. The minimum Gasteiger partial charge on any atom is -0.346 e. The predicted molar refractivity (Wildman–Crippen MR) is 190 cm³/mol. The van der Waals surface area contributed by atoms with Gasteiger partial charge >= 0.3 is 23.6 Å². The van der Waals surface area contributed by atoms with Crippen molar-refractivity contribution in [1.29, 1.82) is 0 Å². The molecule has 0 bridgehead atoms. The molecule has 0 aromatic heterocycles. The van der Waals surface area contributed by atoms with Gasteiger partial charge in [-0.05, 0) is 74.5 Å². The molecule has 6 rings (SSSR count). The summed E-state index contributed by atoms with van der Waals surface area (Å²) in [6, 6.07) is 20.3. The average Bonchev–Trinajstić information content (AvgIpc) is 3.55. The van der Waals surface area contributed by atoms with Crippen molar-refractivity contribution in [3.63, 3.8) is 0 Å². The summed E-state index contributed by atoms with van der Waals surface area (Å²) < 4.78 is 0. The number of rotatable bonds is 13. The third-order valence-corrected chi connectivity index (χ3v) is 11.3. The van der Waals surface area contributed by atoms with E-state index in [1.54, 1.807) is 4.90 Å². The van der Waals surface area contributed by atoms with Crippen molar-refractivity contribution in [1.82, 2.24) is 24.9 Å². The van der Waals surface area contributed by atoms with Crippen molar-refractivity contribution in [2.45, 2.75) is 102 Å². The Morgan fingerprint density at radius 1 is 0.694 bits per heavy atom. The smallest absolute Gasteiger partial charge is 0.312 e. The van der Waals surface area contributed by atoms with E-state index in [4.69, 9.17) is 0 Å². The number of carbonyl (C=O) groups excluding carboxylic acids is 4. The number of carbonyl (C=O) groups is 4. The molecular weight excluding hydrogens is 614 g/mol. The summed E-state index contributed by atoms with van der Waals surface area (Å²) in [7, 11) is 0. The van der Waals surface area contributed by atoms with E-state index in [0.29, 0.717) is 51.0 Å². The van der Waals surface area contributed by atoms with E-state index in [9.17, 15) is 19.2 Å². The zero-order valence-electron chi connectivity index (χ0n) is 29.5. The van der Waals surface area contributed by atoms with Crippen molar-refractivity contribution >= 4 is 23.6 Å². The van der Waals surface area contributed by atoms with Gasteiger partial charge in [-0.1, -0.05) is 93.8 Å². The fourth-order valence-electron chi connectivity index (χ4n) is 8.75. The lowest BCUT2D eigenvalue weighted by molar-refractivity contribution is -0.162. The lowest BCUT2D eigenvalue weighted by Gasteiger charge is -2.46. The zero-order chi connectivity index (χ0) is 34.3. The van der Waals surface area contributed by atoms with Gasteiger partial charge in [-0.2, -0.15) is 0 Å². The highest BCUT2D eigenvalue weighted by Crippen LogP contribution is 2.30. The van der Waals surface area contributed by atoms with Crippen LogP contribution in [0.25, 0.3) is 0 Å². The number of hydrogen-bond donors (Lipinski definition) is 1. The maximum Gasteiger partial charge on any atom is 0.312 e. The van der Waals surface area contributed by atoms with Crippen LogP contribution in [0.2, 0.25) is 0 Å².